The van der Waals surface area contributed by atoms with Crippen LogP contribution in [0, 0.1) is 5.92 Å². The van der Waals surface area contributed by atoms with E-state index in [-0.39, 0.29) is 11.6 Å². The van der Waals surface area contributed by atoms with Gasteiger partial charge in [-0.25, -0.2) is 9.59 Å². The Morgan fingerprint density at radius 2 is 2.16 bits per heavy atom. The van der Waals surface area contributed by atoms with E-state index in [1.165, 1.54) is 18.9 Å². The molecule has 1 aliphatic carbocycles. The summed E-state index contributed by atoms with van der Waals surface area (Å²) in [6, 6.07) is 6.47. The fraction of sp³-hybridized carbons (Fsp3) is 0.429. The molecule has 0 heterocycles. The number of carbonyl (C=O) groups excluding carboxylic acids is 1. The van der Waals surface area contributed by atoms with E-state index < -0.39 is 5.97 Å². The number of urea groups is 1. The summed E-state index contributed by atoms with van der Waals surface area (Å²) in [6.45, 7) is 1.13. The van der Waals surface area contributed by atoms with Gasteiger partial charge in [0.15, 0.2) is 0 Å². The number of carbonyl (C=O) groups is 2. The molecule has 1 aromatic rings. The zero-order valence-electron chi connectivity index (χ0n) is 10.9. The van der Waals surface area contributed by atoms with Crippen molar-refractivity contribution >= 4 is 12.0 Å². The standard InChI is InChI=1S/C14H18N2O3/c1-16(9-10-5-6-10)14(19)15-8-11-3-2-4-12(7-11)13(17)18/h2-4,7,10H,5-6,8-9H2,1H3,(H,15,19)(H,17,18). The maximum absolute atomic E-state index is 11.8. The van der Waals surface area contributed by atoms with Crippen LogP contribution in [-0.4, -0.2) is 35.6 Å². The van der Waals surface area contributed by atoms with Gasteiger partial charge in [-0.1, -0.05) is 12.1 Å². The number of carboxylic acids is 1. The number of hydrogen-bond acceptors (Lipinski definition) is 2. The van der Waals surface area contributed by atoms with Gasteiger partial charge in [0.1, 0.15) is 0 Å². The molecule has 0 atom stereocenters. The van der Waals surface area contributed by atoms with E-state index in [0.29, 0.717) is 12.5 Å². The van der Waals surface area contributed by atoms with Crippen molar-refractivity contribution in [1.82, 2.24) is 10.2 Å². The summed E-state index contributed by atoms with van der Waals surface area (Å²) in [6.07, 6.45) is 2.41. The van der Waals surface area contributed by atoms with Crippen LogP contribution in [0.5, 0.6) is 0 Å². The van der Waals surface area contributed by atoms with E-state index in [2.05, 4.69) is 5.32 Å². The van der Waals surface area contributed by atoms with Gasteiger partial charge in [0, 0.05) is 20.1 Å². The smallest absolute Gasteiger partial charge is 0.335 e. The highest BCUT2D eigenvalue weighted by Crippen LogP contribution is 2.29. The Morgan fingerprint density at radius 1 is 1.42 bits per heavy atom. The van der Waals surface area contributed by atoms with E-state index in [4.69, 9.17) is 5.11 Å². The zero-order valence-corrected chi connectivity index (χ0v) is 10.9. The summed E-state index contributed by atoms with van der Waals surface area (Å²) < 4.78 is 0. The molecule has 0 spiro atoms. The average molecular weight is 262 g/mol. The number of hydrogen-bond donors (Lipinski definition) is 2. The van der Waals surface area contributed by atoms with Gasteiger partial charge in [-0.2, -0.15) is 0 Å². The van der Waals surface area contributed by atoms with E-state index in [1.54, 1.807) is 30.1 Å². The molecule has 0 radical (unpaired) electrons. The normalized spacial score (nSPS) is 13.9. The number of benzene rings is 1. The predicted molar refractivity (Wildman–Crippen MR) is 71.0 cm³/mol. The van der Waals surface area contributed by atoms with Gasteiger partial charge < -0.3 is 15.3 Å². The lowest BCUT2D eigenvalue weighted by Gasteiger charge is -2.17. The first kappa shape index (κ1) is 13.4. The zero-order chi connectivity index (χ0) is 13.8. The number of aromatic carboxylic acids is 1. The molecule has 2 N–H and O–H groups in total. The first-order valence-electron chi connectivity index (χ1n) is 6.37. The van der Waals surface area contributed by atoms with Crippen molar-refractivity contribution in [1.29, 1.82) is 0 Å². The minimum atomic E-state index is -0.959. The highest BCUT2D eigenvalue weighted by molar-refractivity contribution is 5.87. The van der Waals surface area contributed by atoms with Crippen LogP contribution in [0.2, 0.25) is 0 Å². The van der Waals surface area contributed by atoms with E-state index in [1.807, 2.05) is 0 Å². The van der Waals surface area contributed by atoms with E-state index in [0.717, 1.165) is 12.1 Å². The van der Waals surface area contributed by atoms with Crippen LogP contribution in [0.3, 0.4) is 0 Å². The third-order valence-electron chi connectivity index (χ3n) is 3.19. The molecular weight excluding hydrogens is 244 g/mol. The Bertz CT molecular complexity index is 483. The van der Waals surface area contributed by atoms with Gasteiger partial charge >= 0.3 is 12.0 Å². The molecule has 5 heteroatoms. The van der Waals surface area contributed by atoms with Crippen LogP contribution in [-0.2, 0) is 6.54 Å². The highest BCUT2D eigenvalue weighted by atomic mass is 16.4. The lowest BCUT2D eigenvalue weighted by atomic mass is 10.1. The molecule has 0 unspecified atom stereocenters. The third-order valence-corrected chi connectivity index (χ3v) is 3.19. The first-order valence-corrected chi connectivity index (χ1v) is 6.37. The Labute approximate surface area is 112 Å². The fourth-order valence-electron chi connectivity index (χ4n) is 1.90. The first-order chi connectivity index (χ1) is 9.06. The van der Waals surface area contributed by atoms with Gasteiger partial charge in [0.05, 0.1) is 5.56 Å². The maximum Gasteiger partial charge on any atom is 0.335 e. The Kier molecular flexibility index (Phi) is 4.04. The number of carboxylic acid groups (broad SMARTS) is 1. The molecule has 102 valence electrons. The molecule has 0 saturated heterocycles. The summed E-state index contributed by atoms with van der Waals surface area (Å²) in [7, 11) is 1.78. The topological polar surface area (TPSA) is 69.6 Å². The lowest BCUT2D eigenvalue weighted by molar-refractivity contribution is 0.0696. The molecule has 2 rings (SSSR count). The summed E-state index contributed by atoms with van der Waals surface area (Å²) >= 11 is 0. The van der Waals surface area contributed by atoms with Crippen LogP contribution in [0.4, 0.5) is 4.79 Å². The second-order valence-electron chi connectivity index (χ2n) is 4.99. The van der Waals surface area contributed by atoms with Crippen LogP contribution in [0.25, 0.3) is 0 Å². The Balaban J connectivity index is 1.85. The predicted octanol–water partition coefficient (Wildman–Crippen LogP) is 1.94. The summed E-state index contributed by atoms with van der Waals surface area (Å²) in [5, 5.41) is 11.7. The minimum absolute atomic E-state index is 0.118. The Hall–Kier alpha value is -2.04. The molecule has 0 aromatic heterocycles. The molecule has 5 nitrogen and oxygen atoms in total. The SMILES string of the molecule is CN(CC1CC1)C(=O)NCc1cccc(C(=O)O)c1. The summed E-state index contributed by atoms with van der Waals surface area (Å²) in [5.74, 6) is -0.301. The van der Waals surface area contributed by atoms with Gasteiger partial charge in [-0.3, -0.25) is 0 Å². The summed E-state index contributed by atoms with van der Waals surface area (Å²) in [5.41, 5.74) is 1.02. The van der Waals surface area contributed by atoms with Crippen LogP contribution >= 0.6 is 0 Å². The second kappa shape index (κ2) is 5.73. The number of nitrogens with zero attached hydrogens (tertiary/aromatic N) is 1. The number of rotatable bonds is 5. The van der Waals surface area contributed by atoms with Gasteiger partial charge in [-0.05, 0) is 36.5 Å². The Morgan fingerprint density at radius 3 is 2.79 bits per heavy atom. The maximum atomic E-state index is 11.8. The van der Waals surface area contributed by atoms with Crippen molar-refractivity contribution in [3.05, 3.63) is 35.4 Å². The van der Waals surface area contributed by atoms with Crippen molar-refractivity contribution in [3.63, 3.8) is 0 Å². The molecule has 19 heavy (non-hydrogen) atoms. The van der Waals surface area contributed by atoms with Crippen molar-refractivity contribution in [2.24, 2.45) is 5.92 Å². The second-order valence-corrected chi connectivity index (χ2v) is 4.99. The average Bonchev–Trinajstić information content (AvgIpc) is 3.20. The third kappa shape index (κ3) is 3.98. The van der Waals surface area contributed by atoms with E-state index in [9.17, 15) is 9.59 Å². The van der Waals surface area contributed by atoms with Crippen molar-refractivity contribution in [2.75, 3.05) is 13.6 Å². The fourth-order valence-corrected chi connectivity index (χ4v) is 1.90. The molecule has 0 bridgehead atoms. The molecular formula is C14H18N2O3. The molecule has 0 aliphatic heterocycles. The van der Waals surface area contributed by atoms with Crippen molar-refractivity contribution in [2.45, 2.75) is 19.4 Å². The number of nitrogens with one attached hydrogen (secondary N) is 1. The minimum Gasteiger partial charge on any atom is -0.478 e. The molecule has 1 aliphatic rings. The van der Waals surface area contributed by atoms with Gasteiger partial charge in [0.25, 0.3) is 0 Å². The molecule has 1 aromatic carbocycles. The largest absolute Gasteiger partial charge is 0.478 e. The molecule has 1 saturated carbocycles. The quantitative estimate of drug-likeness (QED) is 0.852. The van der Waals surface area contributed by atoms with Crippen molar-refractivity contribution < 1.29 is 14.7 Å². The monoisotopic (exact) mass is 262 g/mol. The van der Waals surface area contributed by atoms with Crippen LogP contribution in [0.1, 0.15) is 28.8 Å². The van der Waals surface area contributed by atoms with Gasteiger partial charge in [0.2, 0.25) is 0 Å². The van der Waals surface area contributed by atoms with Crippen LogP contribution in [0.15, 0.2) is 24.3 Å². The molecule has 1 fully saturated rings. The highest BCUT2D eigenvalue weighted by Gasteiger charge is 2.24. The van der Waals surface area contributed by atoms with Gasteiger partial charge in [-0.15, -0.1) is 0 Å². The van der Waals surface area contributed by atoms with E-state index >= 15 is 0 Å². The number of amides is 2. The van der Waals surface area contributed by atoms with Crippen molar-refractivity contribution in [3.8, 4) is 0 Å². The lowest BCUT2D eigenvalue weighted by Crippen LogP contribution is -2.37. The summed E-state index contributed by atoms with van der Waals surface area (Å²) in [4.78, 5) is 24.3. The van der Waals surface area contributed by atoms with Crippen LogP contribution < -0.4 is 5.32 Å². The molecule has 2 amide bonds.